The Kier molecular flexibility index (Phi) is 5.87. The summed E-state index contributed by atoms with van der Waals surface area (Å²) in [5.74, 6) is 0.154. The maximum atomic E-state index is 11.8. The molecule has 0 radical (unpaired) electrons. The summed E-state index contributed by atoms with van der Waals surface area (Å²) in [4.78, 5) is 11.8. The molecule has 2 N–H and O–H groups in total. The molecule has 1 saturated carbocycles. The molecule has 0 heterocycles. The molecule has 1 aliphatic rings. The topological polar surface area (TPSA) is 58.6 Å². The molecule has 20 heavy (non-hydrogen) atoms. The summed E-state index contributed by atoms with van der Waals surface area (Å²) in [5.41, 5.74) is 0.974. The highest BCUT2D eigenvalue weighted by atomic mass is 16.5. The van der Waals surface area contributed by atoms with Crippen LogP contribution in [0.1, 0.15) is 37.7 Å². The number of rotatable bonds is 4. The number of nitrogens with one attached hydrogen (secondary N) is 1. The summed E-state index contributed by atoms with van der Waals surface area (Å²) in [6, 6.07) is 9.66. The molecule has 0 aromatic heterocycles. The minimum Gasteiger partial charge on any atom is -0.445 e. The van der Waals surface area contributed by atoms with Gasteiger partial charge in [0.1, 0.15) is 6.61 Å². The van der Waals surface area contributed by atoms with Gasteiger partial charge in [-0.3, -0.25) is 0 Å². The van der Waals surface area contributed by atoms with Crippen LogP contribution < -0.4 is 5.32 Å². The van der Waals surface area contributed by atoms with Gasteiger partial charge in [-0.15, -0.1) is 0 Å². The Labute approximate surface area is 120 Å². The molecular formula is C16H23NO3. The molecule has 0 spiro atoms. The van der Waals surface area contributed by atoms with E-state index in [0.717, 1.165) is 31.2 Å². The van der Waals surface area contributed by atoms with Crippen molar-refractivity contribution in [1.82, 2.24) is 5.32 Å². The van der Waals surface area contributed by atoms with E-state index in [-0.39, 0.29) is 31.3 Å². The van der Waals surface area contributed by atoms with Crippen molar-refractivity contribution in [3.63, 3.8) is 0 Å². The van der Waals surface area contributed by atoms with Gasteiger partial charge in [0.2, 0.25) is 0 Å². The lowest BCUT2D eigenvalue weighted by atomic mass is 9.96. The molecule has 0 unspecified atom stereocenters. The van der Waals surface area contributed by atoms with Gasteiger partial charge < -0.3 is 15.2 Å². The third-order valence-electron chi connectivity index (χ3n) is 3.91. The molecule has 1 amide bonds. The van der Waals surface area contributed by atoms with Crippen LogP contribution in [0.15, 0.2) is 30.3 Å². The number of carbonyl (C=O) groups is 1. The Balaban J connectivity index is 1.80. The smallest absolute Gasteiger partial charge is 0.407 e. The first-order valence-electron chi connectivity index (χ1n) is 7.37. The lowest BCUT2D eigenvalue weighted by Crippen LogP contribution is -2.41. The molecule has 110 valence electrons. The van der Waals surface area contributed by atoms with Crippen LogP contribution in [0.5, 0.6) is 0 Å². The van der Waals surface area contributed by atoms with Crippen molar-refractivity contribution in [3.05, 3.63) is 35.9 Å². The molecule has 1 aromatic rings. The number of benzene rings is 1. The van der Waals surface area contributed by atoms with E-state index in [1.54, 1.807) is 0 Å². The Morgan fingerprint density at radius 1 is 1.20 bits per heavy atom. The van der Waals surface area contributed by atoms with Crippen LogP contribution in [0.2, 0.25) is 0 Å². The van der Waals surface area contributed by atoms with E-state index in [1.165, 1.54) is 6.42 Å². The van der Waals surface area contributed by atoms with Crippen molar-refractivity contribution in [2.45, 2.75) is 44.8 Å². The van der Waals surface area contributed by atoms with E-state index >= 15 is 0 Å². The van der Waals surface area contributed by atoms with E-state index < -0.39 is 0 Å². The summed E-state index contributed by atoms with van der Waals surface area (Å²) < 4.78 is 5.23. The fourth-order valence-electron chi connectivity index (χ4n) is 2.71. The van der Waals surface area contributed by atoms with Gasteiger partial charge in [0.15, 0.2) is 0 Å². The van der Waals surface area contributed by atoms with Gasteiger partial charge in [0.25, 0.3) is 0 Å². The van der Waals surface area contributed by atoms with Crippen molar-refractivity contribution in [3.8, 4) is 0 Å². The molecule has 1 fully saturated rings. The number of hydrogen-bond acceptors (Lipinski definition) is 3. The average Bonchev–Trinajstić information content (AvgIpc) is 2.71. The lowest BCUT2D eigenvalue weighted by molar-refractivity contribution is 0.123. The Morgan fingerprint density at radius 3 is 2.70 bits per heavy atom. The summed E-state index contributed by atoms with van der Waals surface area (Å²) in [7, 11) is 0. The number of amides is 1. The Bertz CT molecular complexity index is 407. The van der Waals surface area contributed by atoms with Gasteiger partial charge in [-0.1, -0.05) is 49.6 Å². The van der Waals surface area contributed by atoms with Crippen molar-refractivity contribution in [2.24, 2.45) is 5.92 Å². The molecule has 4 nitrogen and oxygen atoms in total. The van der Waals surface area contributed by atoms with E-state index in [9.17, 15) is 9.90 Å². The SMILES string of the molecule is O=C(N[C@H]1CCCCC[C@@H]1CO)OCc1ccccc1. The predicted octanol–water partition coefficient (Wildman–Crippen LogP) is 2.85. The third kappa shape index (κ3) is 4.53. The van der Waals surface area contributed by atoms with Gasteiger partial charge in [-0.25, -0.2) is 4.79 Å². The van der Waals surface area contributed by atoms with Crippen molar-refractivity contribution in [2.75, 3.05) is 6.61 Å². The van der Waals surface area contributed by atoms with Crippen LogP contribution in [0.25, 0.3) is 0 Å². The van der Waals surface area contributed by atoms with E-state index in [2.05, 4.69) is 5.32 Å². The maximum absolute atomic E-state index is 11.8. The fraction of sp³-hybridized carbons (Fsp3) is 0.562. The monoisotopic (exact) mass is 277 g/mol. The summed E-state index contributed by atoms with van der Waals surface area (Å²) in [5, 5.41) is 12.3. The first kappa shape index (κ1) is 14.9. The number of ether oxygens (including phenoxy) is 1. The van der Waals surface area contributed by atoms with Gasteiger partial charge in [-0.2, -0.15) is 0 Å². The Hall–Kier alpha value is -1.55. The van der Waals surface area contributed by atoms with Crippen LogP contribution in [0.3, 0.4) is 0 Å². The van der Waals surface area contributed by atoms with E-state index in [1.807, 2.05) is 30.3 Å². The first-order valence-corrected chi connectivity index (χ1v) is 7.37. The molecule has 0 bridgehead atoms. The van der Waals surface area contributed by atoms with E-state index in [0.29, 0.717) is 0 Å². The first-order chi connectivity index (χ1) is 9.79. The zero-order valence-electron chi connectivity index (χ0n) is 11.8. The summed E-state index contributed by atoms with van der Waals surface area (Å²) in [6.07, 6.45) is 4.90. The molecular weight excluding hydrogens is 254 g/mol. The lowest BCUT2D eigenvalue weighted by Gasteiger charge is -2.24. The molecule has 0 aliphatic heterocycles. The largest absolute Gasteiger partial charge is 0.445 e. The minimum atomic E-state index is -0.390. The van der Waals surface area contributed by atoms with Crippen LogP contribution in [-0.4, -0.2) is 23.8 Å². The maximum Gasteiger partial charge on any atom is 0.407 e. The summed E-state index contributed by atoms with van der Waals surface area (Å²) in [6.45, 7) is 0.410. The summed E-state index contributed by atoms with van der Waals surface area (Å²) >= 11 is 0. The fourth-order valence-corrected chi connectivity index (χ4v) is 2.71. The highest BCUT2D eigenvalue weighted by Crippen LogP contribution is 2.23. The van der Waals surface area contributed by atoms with Gasteiger partial charge >= 0.3 is 6.09 Å². The van der Waals surface area contributed by atoms with Crippen molar-refractivity contribution in [1.29, 1.82) is 0 Å². The number of aliphatic hydroxyl groups excluding tert-OH is 1. The average molecular weight is 277 g/mol. The number of hydrogen-bond donors (Lipinski definition) is 2. The highest BCUT2D eigenvalue weighted by Gasteiger charge is 2.24. The molecule has 2 rings (SSSR count). The number of alkyl carbamates (subject to hydrolysis) is 1. The Morgan fingerprint density at radius 2 is 1.95 bits per heavy atom. The quantitative estimate of drug-likeness (QED) is 0.832. The number of aliphatic hydroxyl groups is 1. The van der Waals surface area contributed by atoms with Crippen LogP contribution in [0.4, 0.5) is 4.79 Å². The standard InChI is InChI=1S/C16H23NO3/c18-11-14-9-5-2-6-10-15(14)17-16(19)20-12-13-7-3-1-4-8-13/h1,3-4,7-8,14-15,18H,2,5-6,9-12H2,(H,17,19)/t14-,15+/m1/s1. The molecule has 1 aromatic carbocycles. The van der Waals surface area contributed by atoms with Gasteiger partial charge in [0, 0.05) is 18.6 Å². The zero-order valence-corrected chi connectivity index (χ0v) is 11.8. The van der Waals surface area contributed by atoms with Crippen LogP contribution in [-0.2, 0) is 11.3 Å². The van der Waals surface area contributed by atoms with Crippen LogP contribution in [0, 0.1) is 5.92 Å². The van der Waals surface area contributed by atoms with Gasteiger partial charge in [-0.05, 0) is 18.4 Å². The molecule has 1 aliphatic carbocycles. The van der Waals surface area contributed by atoms with Crippen molar-refractivity contribution < 1.29 is 14.6 Å². The van der Waals surface area contributed by atoms with Crippen LogP contribution >= 0.6 is 0 Å². The second kappa shape index (κ2) is 7.90. The highest BCUT2D eigenvalue weighted by molar-refractivity contribution is 5.67. The molecule has 2 atom stereocenters. The van der Waals surface area contributed by atoms with Gasteiger partial charge in [0.05, 0.1) is 0 Å². The molecule has 0 saturated heterocycles. The normalized spacial score (nSPS) is 22.9. The minimum absolute atomic E-state index is 0.0331. The third-order valence-corrected chi connectivity index (χ3v) is 3.91. The van der Waals surface area contributed by atoms with E-state index in [4.69, 9.17) is 4.74 Å². The van der Waals surface area contributed by atoms with Crippen molar-refractivity contribution >= 4 is 6.09 Å². The molecule has 4 heteroatoms. The zero-order chi connectivity index (χ0) is 14.2. The second-order valence-corrected chi connectivity index (χ2v) is 5.39. The number of carbonyl (C=O) groups excluding carboxylic acids is 1. The predicted molar refractivity (Wildman–Crippen MR) is 77.2 cm³/mol. The second-order valence-electron chi connectivity index (χ2n) is 5.39.